The van der Waals surface area contributed by atoms with Gasteiger partial charge in [-0.2, -0.15) is 4.91 Å². The molecule has 0 bridgehead atoms. The first-order valence-electron chi connectivity index (χ1n) is 8.20. The largest absolute Gasteiger partial charge is 0.389 e. The molecular weight excluding hydrogens is 316 g/mol. The highest BCUT2D eigenvalue weighted by atomic mass is 16.3. The standard InChI is InChI=1S/C19H18N4O2/c24-15(12-23-13-20-17-6-2-4-8-19(17)23)11-22-10-14(9-21-25)16-5-1-3-7-18(16)22/h1-8,10,13,15,24H,9,11-12H2. The summed E-state index contributed by atoms with van der Waals surface area (Å²) in [4.78, 5) is 15.0. The van der Waals surface area contributed by atoms with E-state index in [2.05, 4.69) is 10.2 Å². The Bertz CT molecular complexity index is 1030. The van der Waals surface area contributed by atoms with Gasteiger partial charge in [-0.1, -0.05) is 35.5 Å². The van der Waals surface area contributed by atoms with Gasteiger partial charge in [-0.3, -0.25) is 0 Å². The van der Waals surface area contributed by atoms with Gasteiger partial charge in [0.25, 0.3) is 0 Å². The Kier molecular flexibility index (Phi) is 4.03. The van der Waals surface area contributed by atoms with Crippen LogP contribution < -0.4 is 0 Å². The van der Waals surface area contributed by atoms with E-state index in [9.17, 15) is 10.0 Å². The maximum absolute atomic E-state index is 10.7. The van der Waals surface area contributed by atoms with Crippen LogP contribution in [-0.4, -0.2) is 25.3 Å². The third-order valence-electron chi connectivity index (χ3n) is 4.45. The number of nitroso groups, excluding NO2 is 1. The number of aliphatic hydroxyl groups excluding tert-OH is 1. The second kappa shape index (κ2) is 6.49. The fourth-order valence-corrected chi connectivity index (χ4v) is 3.34. The zero-order valence-electron chi connectivity index (χ0n) is 13.6. The third kappa shape index (κ3) is 2.92. The molecule has 6 heteroatoms. The highest BCUT2D eigenvalue weighted by molar-refractivity contribution is 5.84. The summed E-state index contributed by atoms with van der Waals surface area (Å²) >= 11 is 0. The topological polar surface area (TPSA) is 72.4 Å². The van der Waals surface area contributed by atoms with Gasteiger partial charge in [0, 0.05) is 22.7 Å². The molecule has 0 amide bonds. The van der Waals surface area contributed by atoms with Gasteiger partial charge >= 0.3 is 0 Å². The minimum Gasteiger partial charge on any atom is -0.389 e. The van der Waals surface area contributed by atoms with Gasteiger partial charge in [0.2, 0.25) is 0 Å². The van der Waals surface area contributed by atoms with Crippen LogP contribution in [0.1, 0.15) is 5.56 Å². The average molecular weight is 334 g/mol. The van der Waals surface area contributed by atoms with E-state index in [1.165, 1.54) is 0 Å². The van der Waals surface area contributed by atoms with Gasteiger partial charge in [0.1, 0.15) is 6.54 Å². The van der Waals surface area contributed by atoms with Crippen molar-refractivity contribution in [2.24, 2.45) is 5.18 Å². The van der Waals surface area contributed by atoms with Crippen LogP contribution in [0.5, 0.6) is 0 Å². The minimum absolute atomic E-state index is 0.135. The lowest BCUT2D eigenvalue weighted by atomic mass is 10.2. The first-order valence-corrected chi connectivity index (χ1v) is 8.20. The van der Waals surface area contributed by atoms with Crippen LogP contribution in [0.2, 0.25) is 0 Å². The lowest BCUT2D eigenvalue weighted by Crippen LogP contribution is -2.21. The Balaban J connectivity index is 1.59. The number of imidazole rings is 1. The second-order valence-electron chi connectivity index (χ2n) is 6.15. The highest BCUT2D eigenvalue weighted by Crippen LogP contribution is 2.23. The second-order valence-corrected chi connectivity index (χ2v) is 6.15. The molecule has 4 aromatic rings. The molecule has 0 saturated carbocycles. The average Bonchev–Trinajstić information content (AvgIpc) is 3.18. The van der Waals surface area contributed by atoms with Crippen molar-refractivity contribution in [2.45, 2.75) is 25.7 Å². The van der Waals surface area contributed by atoms with E-state index in [0.717, 1.165) is 27.5 Å². The summed E-state index contributed by atoms with van der Waals surface area (Å²) in [5.41, 5.74) is 3.80. The number of aliphatic hydroxyl groups is 1. The first-order chi connectivity index (χ1) is 12.3. The Labute approximate surface area is 144 Å². The summed E-state index contributed by atoms with van der Waals surface area (Å²) < 4.78 is 3.94. The van der Waals surface area contributed by atoms with Crippen LogP contribution in [0.4, 0.5) is 0 Å². The molecule has 1 atom stereocenters. The maximum Gasteiger partial charge on any atom is 0.108 e. The molecule has 0 spiro atoms. The normalized spacial score (nSPS) is 12.7. The van der Waals surface area contributed by atoms with Crippen molar-refractivity contribution >= 4 is 21.9 Å². The summed E-state index contributed by atoms with van der Waals surface area (Å²) in [6, 6.07) is 15.7. The predicted octanol–water partition coefficient (Wildman–Crippen LogP) is 3.32. The molecule has 25 heavy (non-hydrogen) atoms. The van der Waals surface area contributed by atoms with Gasteiger partial charge in [0.15, 0.2) is 0 Å². The molecule has 2 heterocycles. The summed E-state index contributed by atoms with van der Waals surface area (Å²) in [6.07, 6.45) is 3.08. The van der Waals surface area contributed by atoms with E-state index in [1.807, 2.05) is 63.9 Å². The van der Waals surface area contributed by atoms with E-state index in [1.54, 1.807) is 6.33 Å². The van der Waals surface area contributed by atoms with Gasteiger partial charge in [-0.25, -0.2) is 4.98 Å². The Morgan fingerprint density at radius 1 is 1.00 bits per heavy atom. The lowest BCUT2D eigenvalue weighted by molar-refractivity contribution is 0.137. The van der Waals surface area contributed by atoms with Crippen LogP contribution in [0, 0.1) is 4.91 Å². The fraction of sp³-hybridized carbons (Fsp3) is 0.211. The number of rotatable bonds is 6. The minimum atomic E-state index is -0.578. The Morgan fingerprint density at radius 3 is 2.56 bits per heavy atom. The van der Waals surface area contributed by atoms with E-state index in [4.69, 9.17) is 0 Å². The summed E-state index contributed by atoms with van der Waals surface area (Å²) in [5.74, 6) is 0. The highest BCUT2D eigenvalue weighted by Gasteiger charge is 2.13. The van der Waals surface area contributed by atoms with Crippen LogP contribution in [0.3, 0.4) is 0 Å². The molecule has 0 fully saturated rings. The molecule has 6 nitrogen and oxygen atoms in total. The summed E-state index contributed by atoms with van der Waals surface area (Å²) in [7, 11) is 0. The van der Waals surface area contributed by atoms with Crippen molar-refractivity contribution < 1.29 is 5.11 Å². The lowest BCUT2D eigenvalue weighted by Gasteiger charge is -2.14. The number of benzene rings is 2. The van der Waals surface area contributed by atoms with Gasteiger partial charge in [0.05, 0.1) is 36.6 Å². The molecule has 1 unspecified atom stereocenters. The SMILES string of the molecule is O=NCc1cn(CC(O)Cn2cnc3ccccc32)c2ccccc12. The number of fused-ring (bicyclic) bond motifs is 2. The molecule has 0 aliphatic heterocycles. The quantitative estimate of drug-likeness (QED) is 0.550. The molecule has 0 saturated heterocycles. The summed E-state index contributed by atoms with van der Waals surface area (Å²) in [5, 5.41) is 14.6. The van der Waals surface area contributed by atoms with Gasteiger partial charge < -0.3 is 14.2 Å². The predicted molar refractivity (Wildman–Crippen MR) is 97.2 cm³/mol. The van der Waals surface area contributed by atoms with Crippen LogP contribution in [-0.2, 0) is 19.6 Å². The third-order valence-corrected chi connectivity index (χ3v) is 4.45. The van der Waals surface area contributed by atoms with Crippen LogP contribution >= 0.6 is 0 Å². The molecule has 1 N–H and O–H groups in total. The van der Waals surface area contributed by atoms with Crippen molar-refractivity contribution in [3.05, 3.63) is 71.5 Å². The molecule has 2 aromatic carbocycles. The van der Waals surface area contributed by atoms with Crippen LogP contribution in [0.25, 0.3) is 21.9 Å². The van der Waals surface area contributed by atoms with Crippen molar-refractivity contribution in [1.29, 1.82) is 0 Å². The molecular formula is C19H18N4O2. The molecule has 0 aliphatic carbocycles. The van der Waals surface area contributed by atoms with Crippen LogP contribution in [0.15, 0.2) is 66.2 Å². The molecule has 126 valence electrons. The smallest absolute Gasteiger partial charge is 0.108 e. The zero-order chi connectivity index (χ0) is 17.2. The molecule has 0 radical (unpaired) electrons. The Hall–Kier alpha value is -2.99. The molecule has 0 aliphatic rings. The van der Waals surface area contributed by atoms with E-state index >= 15 is 0 Å². The Morgan fingerprint density at radius 2 is 1.72 bits per heavy atom. The van der Waals surface area contributed by atoms with E-state index < -0.39 is 6.10 Å². The van der Waals surface area contributed by atoms with Crippen molar-refractivity contribution in [3.8, 4) is 0 Å². The number of hydrogen-bond donors (Lipinski definition) is 1. The number of nitrogens with zero attached hydrogens (tertiary/aromatic N) is 4. The van der Waals surface area contributed by atoms with E-state index in [-0.39, 0.29) is 6.54 Å². The van der Waals surface area contributed by atoms with Crippen molar-refractivity contribution in [3.63, 3.8) is 0 Å². The number of hydrogen-bond acceptors (Lipinski definition) is 4. The van der Waals surface area contributed by atoms with Crippen molar-refractivity contribution in [1.82, 2.24) is 14.1 Å². The van der Waals surface area contributed by atoms with Crippen molar-refractivity contribution in [2.75, 3.05) is 0 Å². The maximum atomic E-state index is 10.7. The fourth-order valence-electron chi connectivity index (χ4n) is 3.34. The monoisotopic (exact) mass is 334 g/mol. The molecule has 4 rings (SSSR count). The summed E-state index contributed by atoms with van der Waals surface area (Å²) in [6.45, 7) is 1.02. The number of para-hydroxylation sites is 3. The molecule has 2 aromatic heterocycles. The van der Waals surface area contributed by atoms with E-state index in [0.29, 0.717) is 13.1 Å². The van der Waals surface area contributed by atoms with Gasteiger partial charge in [-0.15, -0.1) is 0 Å². The van der Waals surface area contributed by atoms with Gasteiger partial charge in [-0.05, 0) is 18.2 Å². The zero-order valence-corrected chi connectivity index (χ0v) is 13.6. The number of aromatic nitrogens is 3. The first kappa shape index (κ1) is 15.5.